The van der Waals surface area contributed by atoms with Gasteiger partial charge < -0.3 is 10.6 Å². The third kappa shape index (κ3) is 3.20. The molecule has 2 N–H and O–H groups in total. The molecule has 0 aliphatic carbocycles. The average molecular weight is 246 g/mol. The lowest BCUT2D eigenvalue weighted by Crippen LogP contribution is -2.24. The summed E-state index contributed by atoms with van der Waals surface area (Å²) in [4.78, 5) is 23.6. The van der Waals surface area contributed by atoms with Gasteiger partial charge >= 0.3 is 0 Å². The minimum atomic E-state index is -0.386. The number of amides is 1. The Morgan fingerprint density at radius 1 is 1.11 bits per heavy atom. The zero-order chi connectivity index (χ0) is 13.7. The van der Waals surface area contributed by atoms with Crippen LogP contribution in [-0.2, 0) is 9.59 Å². The van der Waals surface area contributed by atoms with Crippen LogP contribution in [0.2, 0.25) is 0 Å². The fourth-order valence-electron chi connectivity index (χ4n) is 1.62. The molecule has 0 radical (unpaired) electrons. The number of para-hydroxylation sites is 1. The molecule has 0 aliphatic rings. The van der Waals surface area contributed by atoms with Crippen LogP contribution in [0, 0.1) is 6.92 Å². The van der Waals surface area contributed by atoms with Gasteiger partial charge in [-0.2, -0.15) is 0 Å². The third-order valence-electron chi connectivity index (χ3n) is 2.72. The second-order valence-corrected chi connectivity index (χ2v) is 4.08. The van der Waals surface area contributed by atoms with Gasteiger partial charge in [0.2, 0.25) is 0 Å². The molecule has 4 nitrogen and oxygen atoms in total. The van der Waals surface area contributed by atoms with E-state index in [9.17, 15) is 9.59 Å². The van der Waals surface area contributed by atoms with Gasteiger partial charge in [0.05, 0.1) is 0 Å². The van der Waals surface area contributed by atoms with Gasteiger partial charge in [0.25, 0.3) is 5.91 Å². The number of aryl methyl sites for hydroxylation is 1. The van der Waals surface area contributed by atoms with Crippen LogP contribution >= 0.6 is 0 Å². The standard InChI is InChI=1S/C14H18N2O2/c1-9-7-5-6-8-12(9)16-14(18)13(11(3)17)10(2)15-4/h5-8,15H,1-4H3,(H,16,18). The minimum Gasteiger partial charge on any atom is -0.391 e. The van der Waals surface area contributed by atoms with Crippen molar-refractivity contribution in [3.05, 3.63) is 41.1 Å². The Morgan fingerprint density at radius 2 is 1.72 bits per heavy atom. The van der Waals surface area contributed by atoms with Gasteiger partial charge in [-0.05, 0) is 32.4 Å². The van der Waals surface area contributed by atoms with Gasteiger partial charge in [0, 0.05) is 18.4 Å². The first-order valence-electron chi connectivity index (χ1n) is 5.74. The topological polar surface area (TPSA) is 58.2 Å². The second kappa shape index (κ2) is 6.00. The van der Waals surface area contributed by atoms with Crippen LogP contribution in [0.4, 0.5) is 5.69 Å². The fourth-order valence-corrected chi connectivity index (χ4v) is 1.62. The van der Waals surface area contributed by atoms with Crippen LogP contribution in [0.15, 0.2) is 35.5 Å². The molecule has 1 aromatic carbocycles. The molecule has 0 saturated carbocycles. The maximum absolute atomic E-state index is 12.1. The summed E-state index contributed by atoms with van der Waals surface area (Å²) in [6, 6.07) is 7.44. The van der Waals surface area contributed by atoms with Gasteiger partial charge in [-0.3, -0.25) is 9.59 Å². The summed E-state index contributed by atoms with van der Waals surface area (Å²) in [6.07, 6.45) is 0. The maximum atomic E-state index is 12.1. The van der Waals surface area contributed by atoms with Crippen molar-refractivity contribution in [3.63, 3.8) is 0 Å². The second-order valence-electron chi connectivity index (χ2n) is 4.08. The Kier molecular flexibility index (Phi) is 4.66. The van der Waals surface area contributed by atoms with Crippen molar-refractivity contribution < 1.29 is 9.59 Å². The van der Waals surface area contributed by atoms with Crippen LogP contribution in [0.25, 0.3) is 0 Å². The molecule has 0 fully saturated rings. The molecule has 0 bridgehead atoms. The van der Waals surface area contributed by atoms with E-state index in [4.69, 9.17) is 0 Å². The summed E-state index contributed by atoms with van der Waals surface area (Å²) >= 11 is 0. The highest BCUT2D eigenvalue weighted by atomic mass is 16.2. The SMILES string of the molecule is CNC(C)=C(C(C)=O)C(=O)Nc1ccccc1C. The normalized spacial score (nSPS) is 11.6. The number of allylic oxidation sites excluding steroid dienone is 1. The van der Waals surface area contributed by atoms with E-state index in [0.717, 1.165) is 5.56 Å². The zero-order valence-corrected chi connectivity index (χ0v) is 11.1. The molecule has 1 aromatic rings. The van der Waals surface area contributed by atoms with Gasteiger partial charge in [-0.25, -0.2) is 0 Å². The predicted molar refractivity (Wildman–Crippen MR) is 72.2 cm³/mol. The molecule has 0 atom stereocenters. The van der Waals surface area contributed by atoms with Crippen LogP contribution in [0.3, 0.4) is 0 Å². The van der Waals surface area contributed by atoms with E-state index in [2.05, 4.69) is 10.6 Å². The lowest BCUT2D eigenvalue weighted by atomic mass is 10.1. The van der Waals surface area contributed by atoms with E-state index in [-0.39, 0.29) is 17.3 Å². The Labute approximate surface area is 107 Å². The number of benzene rings is 1. The highest BCUT2D eigenvalue weighted by Crippen LogP contribution is 2.15. The number of Topliss-reactive ketones (excluding diaryl/α,β-unsaturated/α-hetero) is 1. The van der Waals surface area contributed by atoms with E-state index < -0.39 is 0 Å². The molecular weight excluding hydrogens is 228 g/mol. The highest BCUT2D eigenvalue weighted by molar-refractivity contribution is 6.23. The molecule has 0 aromatic heterocycles. The molecule has 4 heteroatoms. The van der Waals surface area contributed by atoms with Crippen molar-refractivity contribution in [1.29, 1.82) is 0 Å². The van der Waals surface area contributed by atoms with Crippen molar-refractivity contribution in [1.82, 2.24) is 5.32 Å². The van der Waals surface area contributed by atoms with Gasteiger partial charge in [-0.1, -0.05) is 18.2 Å². The van der Waals surface area contributed by atoms with Crippen molar-refractivity contribution in [2.24, 2.45) is 0 Å². The summed E-state index contributed by atoms with van der Waals surface area (Å²) in [6.45, 7) is 4.99. The van der Waals surface area contributed by atoms with E-state index >= 15 is 0 Å². The van der Waals surface area contributed by atoms with Crippen molar-refractivity contribution in [2.75, 3.05) is 12.4 Å². The first-order chi connectivity index (χ1) is 8.47. The highest BCUT2D eigenvalue weighted by Gasteiger charge is 2.17. The maximum Gasteiger partial charge on any atom is 0.261 e. The smallest absolute Gasteiger partial charge is 0.261 e. The summed E-state index contributed by atoms with van der Waals surface area (Å²) in [5.74, 6) is -0.642. The predicted octanol–water partition coefficient (Wildman–Crippen LogP) is 2.02. The van der Waals surface area contributed by atoms with Crippen LogP contribution in [-0.4, -0.2) is 18.7 Å². The molecule has 0 aliphatic heterocycles. The van der Waals surface area contributed by atoms with Crippen molar-refractivity contribution in [2.45, 2.75) is 20.8 Å². The summed E-state index contributed by atoms with van der Waals surface area (Å²) in [5, 5.41) is 5.57. The van der Waals surface area contributed by atoms with E-state index in [1.807, 2.05) is 25.1 Å². The molecule has 96 valence electrons. The molecule has 0 saturated heterocycles. The van der Waals surface area contributed by atoms with Crippen LogP contribution in [0.5, 0.6) is 0 Å². The summed E-state index contributed by atoms with van der Waals surface area (Å²) in [7, 11) is 1.68. The molecule has 1 amide bonds. The van der Waals surface area contributed by atoms with Crippen molar-refractivity contribution >= 4 is 17.4 Å². The number of nitrogens with one attached hydrogen (secondary N) is 2. The zero-order valence-electron chi connectivity index (χ0n) is 11.1. The number of anilines is 1. The van der Waals surface area contributed by atoms with Crippen LogP contribution in [0.1, 0.15) is 19.4 Å². The first-order valence-corrected chi connectivity index (χ1v) is 5.74. The molecular formula is C14H18N2O2. The number of hydrogen-bond donors (Lipinski definition) is 2. The average Bonchev–Trinajstić information content (AvgIpc) is 2.31. The fraction of sp³-hybridized carbons (Fsp3) is 0.286. The summed E-state index contributed by atoms with van der Waals surface area (Å²) in [5.41, 5.74) is 2.38. The number of carbonyl (C=O) groups excluding carboxylic acids is 2. The quantitative estimate of drug-likeness (QED) is 0.485. The van der Waals surface area contributed by atoms with Crippen LogP contribution < -0.4 is 10.6 Å². The largest absolute Gasteiger partial charge is 0.391 e. The number of rotatable bonds is 4. The number of carbonyl (C=O) groups is 2. The van der Waals surface area contributed by atoms with E-state index in [1.165, 1.54) is 6.92 Å². The Balaban J connectivity index is 3.01. The molecule has 18 heavy (non-hydrogen) atoms. The van der Waals surface area contributed by atoms with Gasteiger partial charge in [-0.15, -0.1) is 0 Å². The lowest BCUT2D eigenvalue weighted by molar-refractivity contribution is -0.119. The van der Waals surface area contributed by atoms with E-state index in [1.54, 1.807) is 20.0 Å². The Bertz CT molecular complexity index is 504. The molecule has 0 heterocycles. The summed E-state index contributed by atoms with van der Waals surface area (Å²) < 4.78 is 0. The molecule has 0 unspecified atom stereocenters. The number of ketones is 1. The number of hydrogen-bond acceptors (Lipinski definition) is 3. The Morgan fingerprint density at radius 3 is 2.22 bits per heavy atom. The van der Waals surface area contributed by atoms with Gasteiger partial charge in [0.1, 0.15) is 5.57 Å². The minimum absolute atomic E-state index is 0.153. The van der Waals surface area contributed by atoms with Crippen molar-refractivity contribution in [3.8, 4) is 0 Å². The molecule has 0 spiro atoms. The van der Waals surface area contributed by atoms with E-state index in [0.29, 0.717) is 11.4 Å². The first kappa shape index (κ1) is 14.0. The van der Waals surface area contributed by atoms with Gasteiger partial charge in [0.15, 0.2) is 5.78 Å². The monoisotopic (exact) mass is 246 g/mol. The third-order valence-corrected chi connectivity index (χ3v) is 2.72. The Hall–Kier alpha value is -2.10. The molecule has 1 rings (SSSR count). The lowest BCUT2D eigenvalue weighted by Gasteiger charge is -2.11.